The van der Waals surface area contributed by atoms with Crippen molar-refractivity contribution in [2.24, 2.45) is 0 Å². The number of carbonyl (C=O) groups is 1. The molecule has 0 heterocycles. The molecule has 0 saturated carbocycles. The highest BCUT2D eigenvalue weighted by molar-refractivity contribution is 5.94. The highest BCUT2D eigenvalue weighted by atomic mass is 16.3. The molecule has 1 radical (unpaired) electrons. The summed E-state index contributed by atoms with van der Waals surface area (Å²) in [6, 6.07) is 8.36. The Kier molecular flexibility index (Phi) is 3.48. The largest absolute Gasteiger partial charge is 0.394 e. The lowest BCUT2D eigenvalue weighted by atomic mass is 10.1. The van der Waals surface area contributed by atoms with Gasteiger partial charge in [0.25, 0.3) is 5.91 Å². The summed E-state index contributed by atoms with van der Waals surface area (Å²) >= 11 is 0. The zero-order valence-corrected chi connectivity index (χ0v) is 9.29. The normalized spacial score (nSPS) is 11.2. The van der Waals surface area contributed by atoms with E-state index in [0.717, 1.165) is 5.56 Å². The standard InChI is InChI=1S/C12H16NO2/c1-9-5-4-6-10(7-9)11(15)13-12(2,3)8-14/h4-6,14H,8H2,1-3H3,(H,13,15). The first kappa shape index (κ1) is 11.7. The Morgan fingerprint density at radius 3 is 2.73 bits per heavy atom. The first-order chi connectivity index (χ1) is 6.94. The zero-order chi connectivity index (χ0) is 11.5. The van der Waals surface area contributed by atoms with Crippen LogP contribution in [-0.4, -0.2) is 23.2 Å². The summed E-state index contributed by atoms with van der Waals surface area (Å²) in [7, 11) is 0. The van der Waals surface area contributed by atoms with Crippen LogP contribution in [0.5, 0.6) is 0 Å². The summed E-state index contributed by atoms with van der Waals surface area (Å²) in [4.78, 5) is 11.7. The van der Waals surface area contributed by atoms with Gasteiger partial charge in [0.2, 0.25) is 0 Å². The Labute approximate surface area is 90.1 Å². The molecule has 0 aromatic heterocycles. The average molecular weight is 206 g/mol. The molecule has 1 amide bonds. The van der Waals surface area contributed by atoms with Crippen molar-refractivity contribution in [3.8, 4) is 0 Å². The first-order valence-electron chi connectivity index (χ1n) is 4.87. The lowest BCUT2D eigenvalue weighted by Crippen LogP contribution is -2.46. The molecule has 0 spiro atoms. The molecule has 3 nitrogen and oxygen atoms in total. The predicted molar refractivity (Wildman–Crippen MR) is 58.6 cm³/mol. The quantitative estimate of drug-likeness (QED) is 0.783. The molecule has 0 saturated heterocycles. The van der Waals surface area contributed by atoms with Gasteiger partial charge in [0.15, 0.2) is 0 Å². The van der Waals surface area contributed by atoms with Crippen LogP contribution < -0.4 is 5.32 Å². The Hall–Kier alpha value is -1.35. The fraction of sp³-hybridized carbons (Fsp3) is 0.417. The van der Waals surface area contributed by atoms with Crippen LogP contribution in [0.25, 0.3) is 0 Å². The minimum Gasteiger partial charge on any atom is -0.394 e. The fourth-order valence-electron chi connectivity index (χ4n) is 1.13. The molecule has 1 rings (SSSR count). The van der Waals surface area contributed by atoms with Gasteiger partial charge in [-0.3, -0.25) is 4.79 Å². The van der Waals surface area contributed by atoms with Crippen molar-refractivity contribution in [3.05, 3.63) is 35.4 Å². The summed E-state index contributed by atoms with van der Waals surface area (Å²) in [5.41, 5.74) is 0.815. The van der Waals surface area contributed by atoms with Gasteiger partial charge in [-0.2, -0.15) is 0 Å². The van der Waals surface area contributed by atoms with Crippen LogP contribution in [-0.2, 0) is 0 Å². The molecule has 0 fully saturated rings. The molecule has 81 valence electrons. The third-order valence-electron chi connectivity index (χ3n) is 2.03. The van der Waals surface area contributed by atoms with Crippen molar-refractivity contribution in [3.63, 3.8) is 0 Å². The molecule has 0 aliphatic carbocycles. The Balaban J connectivity index is 2.78. The second kappa shape index (κ2) is 4.45. The third kappa shape index (κ3) is 3.36. The van der Waals surface area contributed by atoms with Crippen LogP contribution in [0.1, 0.15) is 29.8 Å². The van der Waals surface area contributed by atoms with Crippen molar-refractivity contribution in [2.45, 2.75) is 26.3 Å². The van der Waals surface area contributed by atoms with E-state index < -0.39 is 5.54 Å². The Bertz CT molecular complexity index is 358. The molecule has 15 heavy (non-hydrogen) atoms. The molecule has 3 heteroatoms. The molecular formula is C12H16NO2. The number of amides is 1. The average Bonchev–Trinajstić information content (AvgIpc) is 2.17. The molecular weight excluding hydrogens is 190 g/mol. The van der Waals surface area contributed by atoms with Crippen LogP contribution >= 0.6 is 0 Å². The smallest absolute Gasteiger partial charge is 0.252 e. The second-order valence-electron chi connectivity index (χ2n) is 4.24. The van der Waals surface area contributed by atoms with Crippen LogP contribution in [0.3, 0.4) is 0 Å². The van der Waals surface area contributed by atoms with Gasteiger partial charge in [0.05, 0.1) is 12.1 Å². The fourth-order valence-corrected chi connectivity index (χ4v) is 1.13. The van der Waals surface area contributed by atoms with E-state index in [2.05, 4.69) is 11.4 Å². The molecule has 0 bridgehead atoms. The molecule has 1 aromatic carbocycles. The van der Waals surface area contributed by atoms with E-state index in [4.69, 9.17) is 5.11 Å². The summed E-state index contributed by atoms with van der Waals surface area (Å²) in [6.07, 6.45) is 0. The number of aliphatic hydroxyl groups is 1. The van der Waals surface area contributed by atoms with E-state index in [1.165, 1.54) is 0 Å². The number of aryl methyl sites for hydroxylation is 1. The molecule has 1 aromatic rings. The zero-order valence-electron chi connectivity index (χ0n) is 9.29. The van der Waals surface area contributed by atoms with E-state index >= 15 is 0 Å². The monoisotopic (exact) mass is 206 g/mol. The lowest BCUT2D eigenvalue weighted by Gasteiger charge is -2.23. The van der Waals surface area contributed by atoms with Gasteiger partial charge in [0.1, 0.15) is 0 Å². The SMILES string of the molecule is Cc1[c]c(C(=O)NC(C)(C)CO)ccc1. The van der Waals surface area contributed by atoms with E-state index in [1.54, 1.807) is 19.9 Å². The number of hydrogen-bond donors (Lipinski definition) is 2. The van der Waals surface area contributed by atoms with Crippen LogP contribution in [0.4, 0.5) is 0 Å². The van der Waals surface area contributed by atoms with Crippen molar-refractivity contribution >= 4 is 5.91 Å². The van der Waals surface area contributed by atoms with Gasteiger partial charge in [-0.1, -0.05) is 12.1 Å². The highest BCUT2D eigenvalue weighted by Gasteiger charge is 2.19. The van der Waals surface area contributed by atoms with Crippen LogP contribution in [0, 0.1) is 13.0 Å². The number of aliphatic hydroxyl groups excluding tert-OH is 1. The minimum atomic E-state index is -0.603. The Morgan fingerprint density at radius 2 is 2.20 bits per heavy atom. The van der Waals surface area contributed by atoms with Crippen molar-refractivity contribution in [2.75, 3.05) is 6.61 Å². The van der Waals surface area contributed by atoms with E-state index in [1.807, 2.05) is 19.1 Å². The van der Waals surface area contributed by atoms with Crippen LogP contribution in [0.15, 0.2) is 18.2 Å². The van der Waals surface area contributed by atoms with E-state index in [0.29, 0.717) is 5.56 Å². The maximum atomic E-state index is 11.7. The lowest BCUT2D eigenvalue weighted by molar-refractivity contribution is 0.0869. The van der Waals surface area contributed by atoms with Crippen molar-refractivity contribution in [1.29, 1.82) is 0 Å². The molecule has 0 aliphatic heterocycles. The number of benzene rings is 1. The number of carbonyl (C=O) groups excluding carboxylic acids is 1. The van der Waals surface area contributed by atoms with Gasteiger partial charge in [0, 0.05) is 5.56 Å². The summed E-state index contributed by atoms with van der Waals surface area (Å²) in [6.45, 7) is 5.32. The summed E-state index contributed by atoms with van der Waals surface area (Å²) < 4.78 is 0. The first-order valence-corrected chi connectivity index (χ1v) is 4.87. The van der Waals surface area contributed by atoms with Crippen molar-refractivity contribution in [1.82, 2.24) is 5.32 Å². The van der Waals surface area contributed by atoms with Crippen LogP contribution in [0.2, 0.25) is 0 Å². The van der Waals surface area contributed by atoms with Gasteiger partial charge >= 0.3 is 0 Å². The molecule has 0 unspecified atom stereocenters. The maximum Gasteiger partial charge on any atom is 0.252 e. The molecule has 0 aliphatic rings. The summed E-state index contributed by atoms with van der Waals surface area (Å²) in [5, 5.41) is 11.7. The topological polar surface area (TPSA) is 49.3 Å². The van der Waals surface area contributed by atoms with Crippen molar-refractivity contribution < 1.29 is 9.90 Å². The van der Waals surface area contributed by atoms with Gasteiger partial charge in [-0.05, 0) is 38.5 Å². The molecule has 2 N–H and O–H groups in total. The number of nitrogens with one attached hydrogen (secondary N) is 1. The second-order valence-corrected chi connectivity index (χ2v) is 4.24. The van der Waals surface area contributed by atoms with E-state index in [-0.39, 0.29) is 12.5 Å². The third-order valence-corrected chi connectivity index (χ3v) is 2.03. The number of hydrogen-bond acceptors (Lipinski definition) is 2. The van der Waals surface area contributed by atoms with E-state index in [9.17, 15) is 4.79 Å². The van der Waals surface area contributed by atoms with Gasteiger partial charge in [-0.25, -0.2) is 0 Å². The van der Waals surface area contributed by atoms with Gasteiger partial charge in [-0.15, -0.1) is 0 Å². The maximum absolute atomic E-state index is 11.7. The Morgan fingerprint density at radius 1 is 1.53 bits per heavy atom. The summed E-state index contributed by atoms with van der Waals surface area (Å²) in [5.74, 6) is -0.210. The number of rotatable bonds is 3. The highest BCUT2D eigenvalue weighted by Crippen LogP contribution is 2.06. The molecule has 0 atom stereocenters. The van der Waals surface area contributed by atoms with Gasteiger partial charge < -0.3 is 10.4 Å². The minimum absolute atomic E-state index is 0.0927. The predicted octanol–water partition coefficient (Wildman–Crippen LogP) is 1.30.